The molecule has 1 fully saturated rings. The largest absolute Gasteiger partial charge is 0.343 e. The van der Waals surface area contributed by atoms with E-state index in [-0.39, 0.29) is 5.91 Å². The van der Waals surface area contributed by atoms with Gasteiger partial charge in [0.1, 0.15) is 0 Å². The van der Waals surface area contributed by atoms with Gasteiger partial charge < -0.3 is 4.90 Å². The second-order valence-electron chi connectivity index (χ2n) is 6.58. The third kappa shape index (κ3) is 3.26. The van der Waals surface area contributed by atoms with Crippen LogP contribution in [0.4, 0.5) is 0 Å². The minimum Gasteiger partial charge on any atom is -0.343 e. The van der Waals surface area contributed by atoms with Gasteiger partial charge in [-0.1, -0.05) is 48.5 Å². The third-order valence-electron chi connectivity index (χ3n) is 4.78. The Morgan fingerprint density at radius 2 is 1.76 bits per heavy atom. The summed E-state index contributed by atoms with van der Waals surface area (Å²) in [4.78, 5) is 21.0. The number of benzene rings is 2. The molecule has 0 saturated carbocycles. The number of carbonyl (C=O) groups is 1. The molecule has 1 amide bonds. The number of para-hydroxylation sites is 1. The van der Waals surface area contributed by atoms with Gasteiger partial charge in [0.2, 0.25) is 5.91 Å². The van der Waals surface area contributed by atoms with E-state index < -0.39 is 0 Å². The zero-order chi connectivity index (χ0) is 17.2. The van der Waals surface area contributed by atoms with Gasteiger partial charge in [-0.3, -0.25) is 9.69 Å². The quantitative estimate of drug-likeness (QED) is 0.740. The minimum absolute atomic E-state index is 0.182. The van der Waals surface area contributed by atoms with Crippen LogP contribution in [0, 0.1) is 0 Å². The first-order valence-electron chi connectivity index (χ1n) is 8.61. The highest BCUT2D eigenvalue weighted by Gasteiger charge is 2.22. The molecule has 4 rings (SSSR count). The average Bonchev–Trinajstić information content (AvgIpc) is 2.65. The Labute approximate surface area is 147 Å². The first-order chi connectivity index (χ1) is 12.2. The minimum atomic E-state index is 0.182. The van der Waals surface area contributed by atoms with Crippen molar-refractivity contribution in [3.63, 3.8) is 0 Å². The molecule has 4 heteroatoms. The van der Waals surface area contributed by atoms with Crippen LogP contribution in [0.25, 0.3) is 22.2 Å². The van der Waals surface area contributed by atoms with Crippen molar-refractivity contribution in [1.29, 1.82) is 0 Å². The number of carbonyl (C=O) groups excluding carboxylic acids is 1. The smallest absolute Gasteiger partial charge is 0.236 e. The maximum absolute atomic E-state index is 12.0. The van der Waals surface area contributed by atoms with Crippen LogP contribution in [0.2, 0.25) is 0 Å². The lowest BCUT2D eigenvalue weighted by atomic mass is 10.0. The van der Waals surface area contributed by atoms with Crippen LogP contribution in [-0.2, 0) is 11.3 Å². The first-order valence-corrected chi connectivity index (χ1v) is 8.61. The standard InChI is InChI=1S/C21H21N3O/c1-23-11-12-24(15-20(23)25)14-18-13-17-9-5-6-10-19(17)22-21(18)16-7-3-2-4-8-16/h2-10,13H,11-12,14-15H2,1H3. The lowest BCUT2D eigenvalue weighted by Gasteiger charge is -2.32. The summed E-state index contributed by atoms with van der Waals surface area (Å²) in [6.45, 7) is 2.88. The van der Waals surface area contributed by atoms with Crippen LogP contribution in [0.5, 0.6) is 0 Å². The lowest BCUT2D eigenvalue weighted by Crippen LogP contribution is -2.48. The number of hydrogen-bond donors (Lipinski definition) is 0. The Hall–Kier alpha value is -2.72. The molecule has 0 radical (unpaired) electrons. The predicted octanol–water partition coefficient (Wildman–Crippen LogP) is 3.18. The van der Waals surface area contributed by atoms with Crippen molar-refractivity contribution in [3.05, 3.63) is 66.2 Å². The Balaban J connectivity index is 1.74. The van der Waals surface area contributed by atoms with Crippen LogP contribution in [0.3, 0.4) is 0 Å². The second-order valence-corrected chi connectivity index (χ2v) is 6.58. The highest BCUT2D eigenvalue weighted by atomic mass is 16.2. The number of fused-ring (bicyclic) bond motifs is 1. The molecule has 0 spiro atoms. The van der Waals surface area contributed by atoms with Crippen LogP contribution >= 0.6 is 0 Å². The highest BCUT2D eigenvalue weighted by molar-refractivity contribution is 5.83. The molecule has 0 atom stereocenters. The molecule has 3 aromatic rings. The van der Waals surface area contributed by atoms with Crippen molar-refractivity contribution in [2.24, 2.45) is 0 Å². The molecule has 0 aliphatic carbocycles. The zero-order valence-corrected chi connectivity index (χ0v) is 14.4. The summed E-state index contributed by atoms with van der Waals surface area (Å²) >= 11 is 0. The molecule has 1 saturated heterocycles. The molecule has 1 aliphatic rings. The van der Waals surface area contributed by atoms with Gasteiger partial charge in [0, 0.05) is 37.6 Å². The van der Waals surface area contributed by atoms with Crippen molar-refractivity contribution in [3.8, 4) is 11.3 Å². The van der Waals surface area contributed by atoms with Gasteiger partial charge in [-0.2, -0.15) is 0 Å². The van der Waals surface area contributed by atoms with Crippen LogP contribution in [0.15, 0.2) is 60.7 Å². The summed E-state index contributed by atoms with van der Waals surface area (Å²) in [6.07, 6.45) is 0. The number of aromatic nitrogens is 1. The summed E-state index contributed by atoms with van der Waals surface area (Å²) in [5.41, 5.74) is 4.29. The highest BCUT2D eigenvalue weighted by Crippen LogP contribution is 2.27. The van der Waals surface area contributed by atoms with Crippen LogP contribution < -0.4 is 0 Å². The molecular formula is C21H21N3O. The van der Waals surface area contributed by atoms with E-state index in [9.17, 15) is 4.79 Å². The number of likely N-dealkylation sites (N-methyl/N-ethyl adjacent to an activating group) is 1. The summed E-state index contributed by atoms with van der Waals surface area (Å²) in [5, 5.41) is 1.14. The maximum Gasteiger partial charge on any atom is 0.236 e. The molecular weight excluding hydrogens is 310 g/mol. The van der Waals surface area contributed by atoms with Crippen molar-refractivity contribution in [2.75, 3.05) is 26.7 Å². The fourth-order valence-corrected chi connectivity index (χ4v) is 3.31. The summed E-state index contributed by atoms with van der Waals surface area (Å²) in [6, 6.07) is 20.7. The number of hydrogen-bond acceptors (Lipinski definition) is 3. The van der Waals surface area contributed by atoms with Crippen molar-refractivity contribution < 1.29 is 4.79 Å². The Bertz CT molecular complexity index is 907. The van der Waals surface area contributed by atoms with E-state index in [2.05, 4.69) is 29.2 Å². The topological polar surface area (TPSA) is 36.4 Å². The molecule has 126 valence electrons. The normalized spacial score (nSPS) is 15.7. The molecule has 2 heterocycles. The van der Waals surface area contributed by atoms with Gasteiger partial charge in [-0.25, -0.2) is 4.98 Å². The van der Waals surface area contributed by atoms with Gasteiger partial charge in [0.05, 0.1) is 17.8 Å². The van der Waals surface area contributed by atoms with E-state index in [1.807, 2.05) is 43.4 Å². The summed E-state index contributed by atoms with van der Waals surface area (Å²) < 4.78 is 0. The fourth-order valence-electron chi connectivity index (χ4n) is 3.31. The second kappa shape index (κ2) is 6.65. The Kier molecular flexibility index (Phi) is 4.20. The molecule has 0 N–H and O–H groups in total. The molecule has 2 aromatic carbocycles. The van der Waals surface area contributed by atoms with Gasteiger partial charge >= 0.3 is 0 Å². The monoisotopic (exact) mass is 331 g/mol. The first kappa shape index (κ1) is 15.8. The summed E-state index contributed by atoms with van der Waals surface area (Å²) in [7, 11) is 1.87. The van der Waals surface area contributed by atoms with Crippen LogP contribution in [-0.4, -0.2) is 47.4 Å². The van der Waals surface area contributed by atoms with Crippen molar-refractivity contribution in [2.45, 2.75) is 6.54 Å². The molecule has 0 bridgehead atoms. The van der Waals surface area contributed by atoms with E-state index >= 15 is 0 Å². The summed E-state index contributed by atoms with van der Waals surface area (Å²) in [5.74, 6) is 0.182. The number of piperazine rings is 1. The third-order valence-corrected chi connectivity index (χ3v) is 4.78. The van der Waals surface area contributed by atoms with Crippen molar-refractivity contribution >= 4 is 16.8 Å². The van der Waals surface area contributed by atoms with Gasteiger partial charge in [0.25, 0.3) is 0 Å². The number of nitrogens with zero attached hydrogens (tertiary/aromatic N) is 3. The van der Waals surface area contributed by atoms with Crippen LogP contribution in [0.1, 0.15) is 5.56 Å². The Morgan fingerprint density at radius 3 is 2.56 bits per heavy atom. The van der Waals surface area contributed by atoms with Gasteiger partial charge in [-0.05, 0) is 17.7 Å². The zero-order valence-electron chi connectivity index (χ0n) is 14.4. The van der Waals surface area contributed by atoms with Gasteiger partial charge in [0.15, 0.2) is 0 Å². The fraction of sp³-hybridized carbons (Fsp3) is 0.238. The predicted molar refractivity (Wildman–Crippen MR) is 100 cm³/mol. The molecule has 4 nitrogen and oxygen atoms in total. The lowest BCUT2D eigenvalue weighted by molar-refractivity contribution is -0.134. The van der Waals surface area contributed by atoms with Crippen molar-refractivity contribution in [1.82, 2.24) is 14.8 Å². The Morgan fingerprint density at radius 1 is 1.00 bits per heavy atom. The number of amides is 1. The van der Waals surface area contributed by atoms with E-state index in [0.29, 0.717) is 6.54 Å². The van der Waals surface area contributed by atoms with Gasteiger partial charge in [-0.15, -0.1) is 0 Å². The maximum atomic E-state index is 12.0. The molecule has 1 aromatic heterocycles. The molecule has 0 unspecified atom stereocenters. The van der Waals surface area contributed by atoms with E-state index in [1.165, 1.54) is 5.56 Å². The SMILES string of the molecule is CN1CCN(Cc2cc3ccccc3nc2-c2ccccc2)CC1=O. The van der Waals surface area contributed by atoms with E-state index in [0.717, 1.165) is 41.8 Å². The molecule has 1 aliphatic heterocycles. The number of pyridine rings is 1. The average molecular weight is 331 g/mol. The molecule has 25 heavy (non-hydrogen) atoms. The van der Waals surface area contributed by atoms with E-state index in [1.54, 1.807) is 4.90 Å². The van der Waals surface area contributed by atoms with E-state index in [4.69, 9.17) is 4.98 Å². The number of rotatable bonds is 3.